The van der Waals surface area contributed by atoms with E-state index in [1.165, 1.54) is 0 Å². The summed E-state index contributed by atoms with van der Waals surface area (Å²) in [5.41, 5.74) is 0.434. The Bertz CT molecular complexity index is 895. The quantitative estimate of drug-likeness (QED) is 0.887. The summed E-state index contributed by atoms with van der Waals surface area (Å²) in [7, 11) is 0. The molecule has 2 heterocycles. The molecule has 0 amide bonds. The number of aliphatic hydroxyl groups excluding tert-OH is 1. The number of nitrogens with zero attached hydrogens (tertiary/aromatic N) is 4. The standard InChI is InChI=1S/C18H21N5O2/c19-9-11-8-12-10-20-18(21-14-6-3-7-15(14)24)22-16(12)23(17(11)25)13-4-1-2-5-13/h8,10,13-15,24H,1-7H2,(H,20,21,22). The van der Waals surface area contributed by atoms with Crippen molar-refractivity contribution >= 4 is 17.0 Å². The van der Waals surface area contributed by atoms with Crippen molar-refractivity contribution < 1.29 is 5.11 Å². The zero-order valence-corrected chi connectivity index (χ0v) is 14.0. The molecule has 2 aliphatic rings. The number of rotatable bonds is 3. The van der Waals surface area contributed by atoms with Gasteiger partial charge in [0.25, 0.3) is 5.56 Å². The van der Waals surface area contributed by atoms with E-state index in [0.717, 1.165) is 44.9 Å². The highest BCUT2D eigenvalue weighted by Crippen LogP contribution is 2.31. The van der Waals surface area contributed by atoms with Crippen LogP contribution in [-0.4, -0.2) is 31.8 Å². The molecule has 2 saturated carbocycles. The van der Waals surface area contributed by atoms with Crippen LogP contribution < -0.4 is 10.9 Å². The summed E-state index contributed by atoms with van der Waals surface area (Å²) >= 11 is 0. The van der Waals surface area contributed by atoms with Crippen LogP contribution in [0.3, 0.4) is 0 Å². The first-order valence-electron chi connectivity index (χ1n) is 8.94. The van der Waals surface area contributed by atoms with E-state index in [-0.39, 0.29) is 23.2 Å². The molecule has 0 aromatic carbocycles. The van der Waals surface area contributed by atoms with Gasteiger partial charge in [0.1, 0.15) is 17.3 Å². The van der Waals surface area contributed by atoms with Crippen molar-refractivity contribution in [1.29, 1.82) is 5.26 Å². The smallest absolute Gasteiger partial charge is 0.270 e. The predicted octanol–water partition coefficient (Wildman–Crippen LogP) is 2.10. The van der Waals surface area contributed by atoms with Crippen LogP contribution >= 0.6 is 0 Å². The molecule has 7 nitrogen and oxygen atoms in total. The molecule has 4 rings (SSSR count). The van der Waals surface area contributed by atoms with Gasteiger partial charge in [0.05, 0.1) is 12.1 Å². The molecule has 25 heavy (non-hydrogen) atoms. The molecule has 2 aromatic rings. The van der Waals surface area contributed by atoms with Gasteiger partial charge in [-0.3, -0.25) is 9.36 Å². The number of hydrogen-bond acceptors (Lipinski definition) is 6. The van der Waals surface area contributed by atoms with E-state index >= 15 is 0 Å². The Balaban J connectivity index is 1.81. The maximum Gasteiger partial charge on any atom is 0.270 e. The van der Waals surface area contributed by atoms with Crippen molar-refractivity contribution in [3.8, 4) is 6.07 Å². The number of hydrogen-bond donors (Lipinski definition) is 2. The van der Waals surface area contributed by atoms with Gasteiger partial charge in [-0.2, -0.15) is 10.2 Å². The molecule has 2 unspecified atom stereocenters. The molecule has 2 aliphatic carbocycles. The number of aliphatic hydroxyl groups is 1. The summed E-state index contributed by atoms with van der Waals surface area (Å²) in [4.78, 5) is 21.6. The summed E-state index contributed by atoms with van der Waals surface area (Å²) in [6, 6.07) is 3.59. The van der Waals surface area contributed by atoms with Crippen molar-refractivity contribution in [3.63, 3.8) is 0 Å². The molecule has 0 radical (unpaired) electrons. The molecule has 7 heteroatoms. The average Bonchev–Trinajstić information content (AvgIpc) is 3.27. The van der Waals surface area contributed by atoms with Crippen LogP contribution in [-0.2, 0) is 0 Å². The van der Waals surface area contributed by atoms with Gasteiger partial charge in [0.15, 0.2) is 0 Å². The lowest BCUT2D eigenvalue weighted by Crippen LogP contribution is -2.30. The van der Waals surface area contributed by atoms with Gasteiger partial charge >= 0.3 is 0 Å². The summed E-state index contributed by atoms with van der Waals surface area (Å²) in [6.45, 7) is 0. The molecule has 130 valence electrons. The van der Waals surface area contributed by atoms with Crippen molar-refractivity contribution in [3.05, 3.63) is 28.2 Å². The van der Waals surface area contributed by atoms with Gasteiger partial charge in [-0.05, 0) is 38.2 Å². The third kappa shape index (κ3) is 2.87. The van der Waals surface area contributed by atoms with E-state index in [9.17, 15) is 15.2 Å². The number of nitrogens with one attached hydrogen (secondary N) is 1. The van der Waals surface area contributed by atoms with E-state index in [0.29, 0.717) is 17.0 Å². The van der Waals surface area contributed by atoms with Crippen molar-refractivity contribution in [2.45, 2.75) is 63.1 Å². The SMILES string of the molecule is N#Cc1cc2cnc(NC3CCCC3O)nc2n(C2CCCC2)c1=O. The second-order valence-electron chi connectivity index (χ2n) is 7.00. The van der Waals surface area contributed by atoms with E-state index in [2.05, 4.69) is 15.3 Å². The maximum absolute atomic E-state index is 12.7. The lowest BCUT2D eigenvalue weighted by molar-refractivity contribution is 0.171. The summed E-state index contributed by atoms with van der Waals surface area (Å²) < 4.78 is 1.68. The number of pyridine rings is 1. The first-order chi connectivity index (χ1) is 12.2. The Morgan fingerprint density at radius 1 is 1.24 bits per heavy atom. The molecule has 0 bridgehead atoms. The van der Waals surface area contributed by atoms with Gasteiger partial charge in [-0.15, -0.1) is 0 Å². The highest BCUT2D eigenvalue weighted by Gasteiger charge is 2.26. The monoisotopic (exact) mass is 339 g/mol. The summed E-state index contributed by atoms with van der Waals surface area (Å²) in [6.07, 6.45) is 7.92. The van der Waals surface area contributed by atoms with E-state index < -0.39 is 6.10 Å². The highest BCUT2D eigenvalue weighted by molar-refractivity contribution is 5.77. The van der Waals surface area contributed by atoms with Gasteiger partial charge in [-0.25, -0.2) is 4.98 Å². The predicted molar refractivity (Wildman–Crippen MR) is 93.3 cm³/mol. The van der Waals surface area contributed by atoms with Crippen molar-refractivity contribution in [2.24, 2.45) is 0 Å². The summed E-state index contributed by atoms with van der Waals surface area (Å²) in [5, 5.41) is 23.2. The van der Waals surface area contributed by atoms with Crippen molar-refractivity contribution in [2.75, 3.05) is 5.32 Å². The minimum absolute atomic E-state index is 0.0533. The topological polar surface area (TPSA) is 104 Å². The first kappa shape index (κ1) is 16.0. The van der Waals surface area contributed by atoms with Crippen LogP contribution in [0.4, 0.5) is 5.95 Å². The molecule has 2 fully saturated rings. The lowest BCUT2D eigenvalue weighted by atomic mass is 10.2. The van der Waals surface area contributed by atoms with E-state index in [1.54, 1.807) is 16.8 Å². The van der Waals surface area contributed by atoms with Crippen LogP contribution in [0.1, 0.15) is 56.6 Å². The van der Waals surface area contributed by atoms with E-state index in [1.807, 2.05) is 6.07 Å². The Hall–Kier alpha value is -2.46. The maximum atomic E-state index is 12.7. The minimum Gasteiger partial charge on any atom is -0.391 e. The van der Waals surface area contributed by atoms with Gasteiger partial charge in [-0.1, -0.05) is 12.8 Å². The van der Waals surface area contributed by atoms with Gasteiger partial charge in [0.2, 0.25) is 5.95 Å². The summed E-state index contributed by atoms with van der Waals surface area (Å²) in [5.74, 6) is 0.425. The Labute approximate surface area is 145 Å². The fourth-order valence-electron chi connectivity index (χ4n) is 4.05. The Morgan fingerprint density at radius 2 is 2.04 bits per heavy atom. The lowest BCUT2D eigenvalue weighted by Gasteiger charge is -2.19. The Morgan fingerprint density at radius 3 is 2.72 bits per heavy atom. The molecule has 2 atom stereocenters. The van der Waals surface area contributed by atoms with E-state index in [4.69, 9.17) is 0 Å². The minimum atomic E-state index is -0.391. The molecule has 0 saturated heterocycles. The second kappa shape index (κ2) is 6.45. The molecule has 0 spiro atoms. The average molecular weight is 339 g/mol. The second-order valence-corrected chi connectivity index (χ2v) is 7.00. The third-order valence-corrected chi connectivity index (χ3v) is 5.38. The normalized spacial score (nSPS) is 23.8. The number of fused-ring (bicyclic) bond motifs is 1. The van der Waals surface area contributed by atoms with Gasteiger partial charge < -0.3 is 10.4 Å². The van der Waals surface area contributed by atoms with Crippen LogP contribution in [0.25, 0.3) is 11.0 Å². The first-order valence-corrected chi connectivity index (χ1v) is 8.94. The highest BCUT2D eigenvalue weighted by atomic mass is 16.3. The van der Waals surface area contributed by atoms with Crippen molar-refractivity contribution in [1.82, 2.24) is 14.5 Å². The fourth-order valence-corrected chi connectivity index (χ4v) is 4.05. The molecule has 0 aliphatic heterocycles. The molecule has 2 aromatic heterocycles. The number of aromatic nitrogens is 3. The molecular formula is C18H21N5O2. The zero-order chi connectivity index (χ0) is 17.4. The largest absolute Gasteiger partial charge is 0.391 e. The van der Waals surface area contributed by atoms with Crippen LogP contribution in [0.15, 0.2) is 17.1 Å². The van der Waals surface area contributed by atoms with Crippen LogP contribution in [0.5, 0.6) is 0 Å². The number of anilines is 1. The fraction of sp³-hybridized carbons (Fsp3) is 0.556. The Kier molecular flexibility index (Phi) is 4.14. The molecular weight excluding hydrogens is 318 g/mol. The van der Waals surface area contributed by atoms with Crippen LogP contribution in [0.2, 0.25) is 0 Å². The van der Waals surface area contributed by atoms with Gasteiger partial charge in [0, 0.05) is 17.6 Å². The third-order valence-electron chi connectivity index (χ3n) is 5.38. The number of nitriles is 1. The van der Waals surface area contributed by atoms with Crippen LogP contribution in [0, 0.1) is 11.3 Å². The zero-order valence-electron chi connectivity index (χ0n) is 14.0. The molecule has 2 N–H and O–H groups in total.